The summed E-state index contributed by atoms with van der Waals surface area (Å²) in [5.74, 6) is 3.00. The van der Waals surface area contributed by atoms with Gasteiger partial charge in [-0.3, -0.25) is 4.90 Å². The number of halogens is 1. The normalized spacial score (nSPS) is 17.7. The van der Waals surface area contributed by atoms with E-state index in [1.807, 2.05) is 19.2 Å². The van der Waals surface area contributed by atoms with Crippen molar-refractivity contribution in [2.24, 2.45) is 0 Å². The summed E-state index contributed by atoms with van der Waals surface area (Å²) < 4.78 is 0. The van der Waals surface area contributed by atoms with Gasteiger partial charge < -0.3 is 5.11 Å². The average molecular weight is 238 g/mol. The van der Waals surface area contributed by atoms with Gasteiger partial charge in [-0.15, -0.1) is 18.8 Å². The summed E-state index contributed by atoms with van der Waals surface area (Å²) in [5.41, 5.74) is 2.56. The van der Waals surface area contributed by atoms with Crippen LogP contribution in [0.5, 0.6) is 5.75 Å². The van der Waals surface area contributed by atoms with E-state index in [9.17, 15) is 5.11 Å². The van der Waals surface area contributed by atoms with Crippen LogP contribution in [0.4, 0.5) is 0 Å². The van der Waals surface area contributed by atoms with Crippen LogP contribution >= 0.6 is 12.4 Å². The molecule has 1 aromatic carbocycles. The number of aromatic hydroxyl groups is 1. The zero-order valence-electron chi connectivity index (χ0n) is 9.31. The fraction of sp³-hybridized carbons (Fsp3) is 0.385. The van der Waals surface area contributed by atoms with Crippen LogP contribution in [0, 0.1) is 12.3 Å². The van der Waals surface area contributed by atoms with Crippen LogP contribution in [0.15, 0.2) is 18.2 Å². The molecule has 2 nitrogen and oxygen atoms in total. The predicted molar refractivity (Wildman–Crippen MR) is 67.9 cm³/mol. The Kier molecular flexibility index (Phi) is 4.23. The molecule has 0 fully saturated rings. The van der Waals surface area contributed by atoms with Gasteiger partial charge in [0.15, 0.2) is 0 Å². The first kappa shape index (κ1) is 12.9. The quantitative estimate of drug-likeness (QED) is 0.799. The van der Waals surface area contributed by atoms with Gasteiger partial charge in [-0.05, 0) is 43.1 Å². The minimum atomic E-state index is 0. The molecule has 0 unspecified atom stereocenters. The van der Waals surface area contributed by atoms with E-state index in [0.29, 0.717) is 18.3 Å². The van der Waals surface area contributed by atoms with Gasteiger partial charge in [-0.2, -0.15) is 0 Å². The lowest BCUT2D eigenvalue weighted by atomic mass is 10.1. The van der Waals surface area contributed by atoms with Crippen molar-refractivity contribution in [1.29, 1.82) is 0 Å². The lowest BCUT2D eigenvalue weighted by molar-refractivity contribution is 0.274. The topological polar surface area (TPSA) is 23.5 Å². The molecule has 0 amide bonds. The van der Waals surface area contributed by atoms with Crippen LogP contribution in [0.2, 0.25) is 0 Å². The fourth-order valence-electron chi connectivity index (χ4n) is 2.28. The summed E-state index contributed by atoms with van der Waals surface area (Å²) in [7, 11) is 2.03. The summed E-state index contributed by atoms with van der Waals surface area (Å²) in [6.07, 6.45) is 7.48. The second-order valence-electron chi connectivity index (χ2n) is 4.06. The number of aryl methyl sites for hydroxylation is 1. The molecule has 1 N–H and O–H groups in total. The second kappa shape index (κ2) is 5.25. The number of phenols is 1. The molecule has 2 rings (SSSR count). The third-order valence-corrected chi connectivity index (χ3v) is 3.05. The van der Waals surface area contributed by atoms with E-state index in [1.165, 1.54) is 11.1 Å². The largest absolute Gasteiger partial charge is 0.508 e. The number of hydrogen-bond donors (Lipinski definition) is 1. The van der Waals surface area contributed by atoms with Crippen molar-refractivity contribution in [3.05, 3.63) is 29.3 Å². The number of benzene rings is 1. The van der Waals surface area contributed by atoms with E-state index in [2.05, 4.69) is 10.8 Å². The summed E-state index contributed by atoms with van der Waals surface area (Å²) in [4.78, 5) is 2.16. The number of phenolic OH excluding ortho intramolecular Hbond substituents is 1. The monoisotopic (exact) mass is 237 g/mol. The number of nitrogens with zero attached hydrogens (tertiary/aromatic N) is 1. The second-order valence-corrected chi connectivity index (χ2v) is 4.06. The predicted octanol–water partition coefficient (Wildman–Crippen LogP) is 2.37. The highest BCUT2D eigenvalue weighted by Gasteiger charge is 2.25. The summed E-state index contributed by atoms with van der Waals surface area (Å²) >= 11 is 0. The van der Waals surface area contributed by atoms with E-state index >= 15 is 0 Å². The van der Waals surface area contributed by atoms with Crippen molar-refractivity contribution in [2.45, 2.75) is 18.9 Å². The maximum Gasteiger partial charge on any atom is 0.115 e. The minimum Gasteiger partial charge on any atom is -0.508 e. The fourth-order valence-corrected chi connectivity index (χ4v) is 2.28. The Morgan fingerprint density at radius 1 is 1.56 bits per heavy atom. The maximum atomic E-state index is 9.47. The highest BCUT2D eigenvalue weighted by Crippen LogP contribution is 2.36. The van der Waals surface area contributed by atoms with Gasteiger partial charge in [0.2, 0.25) is 0 Å². The first-order valence-electron chi connectivity index (χ1n) is 5.18. The van der Waals surface area contributed by atoms with Crippen LogP contribution in [0.3, 0.4) is 0 Å². The average Bonchev–Trinajstić information content (AvgIpc) is 2.60. The Morgan fingerprint density at radius 3 is 3.00 bits per heavy atom. The Labute approximate surface area is 103 Å². The molecule has 1 atom stereocenters. The molecule has 0 radical (unpaired) electrons. The number of terminal acetylenes is 1. The van der Waals surface area contributed by atoms with Crippen molar-refractivity contribution in [1.82, 2.24) is 4.90 Å². The maximum absolute atomic E-state index is 9.47. The van der Waals surface area contributed by atoms with Gasteiger partial charge in [-0.1, -0.05) is 12.0 Å². The first-order valence-corrected chi connectivity index (χ1v) is 5.18. The summed E-state index contributed by atoms with van der Waals surface area (Å²) in [5, 5.41) is 9.47. The van der Waals surface area contributed by atoms with Crippen molar-refractivity contribution >= 4 is 12.4 Å². The SMILES string of the molecule is C#CCN(C)[C@@H]1CCc2ccc(O)cc21.Cl. The third-order valence-electron chi connectivity index (χ3n) is 3.05. The standard InChI is InChI=1S/C13H15NO.ClH/c1-3-8-14(2)13-7-5-10-4-6-11(15)9-12(10)13;/h1,4,6,9,13,15H,5,7-8H2,2H3;1H/t13-;/m1./s1. The van der Waals surface area contributed by atoms with E-state index in [-0.39, 0.29) is 12.4 Å². The Morgan fingerprint density at radius 2 is 2.31 bits per heavy atom. The van der Waals surface area contributed by atoms with Crippen molar-refractivity contribution in [2.75, 3.05) is 13.6 Å². The lowest BCUT2D eigenvalue weighted by Crippen LogP contribution is -2.23. The highest BCUT2D eigenvalue weighted by molar-refractivity contribution is 5.85. The Hall–Kier alpha value is -1.17. The molecular weight excluding hydrogens is 222 g/mol. The number of hydrogen-bond acceptors (Lipinski definition) is 2. The minimum absolute atomic E-state index is 0. The van der Waals surface area contributed by atoms with Gasteiger partial charge >= 0.3 is 0 Å². The molecule has 0 spiro atoms. The Balaban J connectivity index is 0.00000128. The molecule has 86 valence electrons. The molecule has 0 saturated heterocycles. The first-order chi connectivity index (χ1) is 7.22. The third kappa shape index (κ3) is 2.32. The molecular formula is C13H16ClNO. The van der Waals surface area contributed by atoms with Gasteiger partial charge in [-0.25, -0.2) is 0 Å². The van der Waals surface area contributed by atoms with E-state index in [1.54, 1.807) is 6.07 Å². The molecule has 0 saturated carbocycles. The van der Waals surface area contributed by atoms with Gasteiger partial charge in [0.05, 0.1) is 6.54 Å². The number of rotatable bonds is 2. The van der Waals surface area contributed by atoms with Crippen LogP contribution in [-0.2, 0) is 6.42 Å². The van der Waals surface area contributed by atoms with E-state index in [4.69, 9.17) is 6.42 Å². The molecule has 0 bridgehead atoms. The van der Waals surface area contributed by atoms with Crippen LogP contribution in [0.1, 0.15) is 23.6 Å². The lowest BCUT2D eigenvalue weighted by Gasteiger charge is -2.22. The Bertz CT molecular complexity index is 411. The zero-order chi connectivity index (χ0) is 10.8. The summed E-state index contributed by atoms with van der Waals surface area (Å²) in [6, 6.07) is 5.99. The molecule has 1 aliphatic rings. The van der Waals surface area contributed by atoms with Gasteiger partial charge in [0.1, 0.15) is 5.75 Å². The molecule has 16 heavy (non-hydrogen) atoms. The van der Waals surface area contributed by atoms with Crippen molar-refractivity contribution in [3.63, 3.8) is 0 Å². The number of fused-ring (bicyclic) bond motifs is 1. The van der Waals surface area contributed by atoms with E-state index < -0.39 is 0 Å². The zero-order valence-corrected chi connectivity index (χ0v) is 10.1. The molecule has 0 aliphatic heterocycles. The van der Waals surface area contributed by atoms with Gasteiger partial charge in [0.25, 0.3) is 0 Å². The van der Waals surface area contributed by atoms with Crippen LogP contribution < -0.4 is 0 Å². The van der Waals surface area contributed by atoms with Crippen LogP contribution in [0.25, 0.3) is 0 Å². The molecule has 0 aromatic heterocycles. The molecule has 1 aliphatic carbocycles. The van der Waals surface area contributed by atoms with E-state index in [0.717, 1.165) is 12.8 Å². The molecule has 1 aromatic rings. The van der Waals surface area contributed by atoms with Crippen LogP contribution in [-0.4, -0.2) is 23.6 Å². The van der Waals surface area contributed by atoms with Gasteiger partial charge in [0, 0.05) is 6.04 Å². The molecule has 0 heterocycles. The smallest absolute Gasteiger partial charge is 0.115 e. The summed E-state index contributed by atoms with van der Waals surface area (Å²) in [6.45, 7) is 0.653. The highest BCUT2D eigenvalue weighted by atomic mass is 35.5. The molecule has 3 heteroatoms. The van der Waals surface area contributed by atoms with Crippen molar-refractivity contribution < 1.29 is 5.11 Å². The van der Waals surface area contributed by atoms with Crippen molar-refractivity contribution in [3.8, 4) is 18.1 Å².